The van der Waals surface area contributed by atoms with E-state index < -0.39 is 10.0 Å². The van der Waals surface area contributed by atoms with Gasteiger partial charge in [0.05, 0.1) is 4.90 Å². The SMILES string of the molecule is C=CC(=O)NC1CC(C)N(S(=O)(=O)c2ccc(N(C)C(=O)C3CCOCC3)cc2)C(C)C1. The van der Waals surface area contributed by atoms with E-state index >= 15 is 0 Å². The van der Waals surface area contributed by atoms with Crippen LogP contribution in [0.4, 0.5) is 5.69 Å². The average molecular weight is 464 g/mol. The van der Waals surface area contributed by atoms with E-state index in [0.717, 1.165) is 0 Å². The number of ether oxygens (including phenoxy) is 1. The monoisotopic (exact) mass is 463 g/mol. The number of carbonyl (C=O) groups excluding carboxylic acids is 2. The minimum Gasteiger partial charge on any atom is -0.381 e. The first-order chi connectivity index (χ1) is 15.1. The van der Waals surface area contributed by atoms with Crippen molar-refractivity contribution in [3.8, 4) is 0 Å². The van der Waals surface area contributed by atoms with Crippen LogP contribution in [0.5, 0.6) is 0 Å². The number of sulfonamides is 1. The Hall–Kier alpha value is -2.23. The molecule has 0 spiro atoms. The van der Waals surface area contributed by atoms with Crippen molar-refractivity contribution in [2.24, 2.45) is 5.92 Å². The molecule has 2 unspecified atom stereocenters. The summed E-state index contributed by atoms with van der Waals surface area (Å²) < 4.78 is 33.6. The maximum absolute atomic E-state index is 13.4. The van der Waals surface area contributed by atoms with E-state index in [1.165, 1.54) is 10.4 Å². The van der Waals surface area contributed by atoms with Crippen molar-refractivity contribution in [3.05, 3.63) is 36.9 Å². The first-order valence-electron chi connectivity index (χ1n) is 11.1. The number of rotatable bonds is 6. The Balaban J connectivity index is 1.72. The lowest BCUT2D eigenvalue weighted by atomic mass is 9.95. The highest BCUT2D eigenvalue weighted by molar-refractivity contribution is 7.89. The number of benzene rings is 1. The van der Waals surface area contributed by atoms with E-state index in [2.05, 4.69) is 11.9 Å². The van der Waals surface area contributed by atoms with Crippen LogP contribution in [0.15, 0.2) is 41.8 Å². The molecule has 176 valence electrons. The third-order valence-electron chi connectivity index (χ3n) is 6.35. The second-order valence-corrected chi connectivity index (χ2v) is 10.5. The number of piperidine rings is 1. The third kappa shape index (κ3) is 5.22. The minimum absolute atomic E-state index is 0.0230. The smallest absolute Gasteiger partial charge is 0.243 e. The molecular weight excluding hydrogens is 430 g/mol. The van der Waals surface area contributed by atoms with E-state index in [0.29, 0.717) is 44.6 Å². The van der Waals surface area contributed by atoms with Crippen molar-refractivity contribution in [1.29, 1.82) is 0 Å². The molecule has 0 bridgehead atoms. The molecule has 1 aromatic rings. The molecule has 32 heavy (non-hydrogen) atoms. The van der Waals surface area contributed by atoms with Crippen molar-refractivity contribution in [3.63, 3.8) is 0 Å². The topological polar surface area (TPSA) is 96.0 Å². The first-order valence-corrected chi connectivity index (χ1v) is 12.5. The lowest BCUT2D eigenvalue weighted by Gasteiger charge is -2.41. The van der Waals surface area contributed by atoms with Crippen molar-refractivity contribution in [2.45, 2.75) is 62.6 Å². The van der Waals surface area contributed by atoms with Gasteiger partial charge in [0.1, 0.15) is 0 Å². The average Bonchev–Trinajstić information content (AvgIpc) is 2.78. The molecule has 8 nitrogen and oxygen atoms in total. The summed E-state index contributed by atoms with van der Waals surface area (Å²) in [7, 11) is -2.00. The molecule has 2 fully saturated rings. The Morgan fingerprint density at radius 2 is 1.69 bits per heavy atom. The molecule has 0 aromatic heterocycles. The van der Waals surface area contributed by atoms with Gasteiger partial charge in [-0.15, -0.1) is 0 Å². The van der Waals surface area contributed by atoms with E-state index in [4.69, 9.17) is 4.74 Å². The molecule has 2 heterocycles. The largest absolute Gasteiger partial charge is 0.381 e. The van der Waals surface area contributed by atoms with E-state index in [1.54, 1.807) is 36.2 Å². The van der Waals surface area contributed by atoms with Crippen molar-refractivity contribution >= 4 is 27.5 Å². The number of hydrogen-bond donors (Lipinski definition) is 1. The fourth-order valence-electron chi connectivity index (χ4n) is 4.72. The third-order valence-corrected chi connectivity index (χ3v) is 8.50. The van der Waals surface area contributed by atoms with Gasteiger partial charge in [-0.05, 0) is 69.9 Å². The maximum atomic E-state index is 13.4. The Kier molecular flexibility index (Phi) is 7.74. The number of hydrogen-bond acceptors (Lipinski definition) is 5. The highest BCUT2D eigenvalue weighted by Gasteiger charge is 2.39. The molecule has 2 aliphatic rings. The van der Waals surface area contributed by atoms with Gasteiger partial charge in [-0.2, -0.15) is 4.31 Å². The van der Waals surface area contributed by atoms with Crippen molar-refractivity contribution < 1.29 is 22.7 Å². The molecule has 2 saturated heterocycles. The fourth-order valence-corrected chi connectivity index (χ4v) is 6.57. The second-order valence-electron chi connectivity index (χ2n) is 8.69. The zero-order valence-electron chi connectivity index (χ0n) is 19.0. The molecule has 3 rings (SSSR count). The zero-order chi connectivity index (χ0) is 23.5. The molecule has 1 N–H and O–H groups in total. The van der Waals surface area contributed by atoms with Crippen LogP contribution >= 0.6 is 0 Å². The molecule has 9 heteroatoms. The van der Waals surface area contributed by atoms with Gasteiger partial charge in [0, 0.05) is 50.0 Å². The highest BCUT2D eigenvalue weighted by Crippen LogP contribution is 2.31. The first kappa shape index (κ1) is 24.4. The number of amides is 2. The van der Waals surface area contributed by atoms with Gasteiger partial charge >= 0.3 is 0 Å². The number of nitrogens with zero attached hydrogens (tertiary/aromatic N) is 2. The Morgan fingerprint density at radius 3 is 2.22 bits per heavy atom. The van der Waals surface area contributed by atoms with Gasteiger partial charge in [0.15, 0.2) is 0 Å². The zero-order valence-corrected chi connectivity index (χ0v) is 19.8. The Bertz CT molecular complexity index is 929. The van der Waals surface area contributed by atoms with Gasteiger partial charge in [-0.25, -0.2) is 8.42 Å². The van der Waals surface area contributed by atoms with Gasteiger partial charge in [-0.1, -0.05) is 6.58 Å². The maximum Gasteiger partial charge on any atom is 0.243 e. The summed E-state index contributed by atoms with van der Waals surface area (Å²) in [5.74, 6) is -0.294. The minimum atomic E-state index is -3.72. The Morgan fingerprint density at radius 1 is 1.12 bits per heavy atom. The second kappa shape index (κ2) is 10.1. The van der Waals surface area contributed by atoms with Crippen molar-refractivity contribution in [1.82, 2.24) is 9.62 Å². The number of nitrogens with one attached hydrogen (secondary N) is 1. The molecule has 2 amide bonds. The van der Waals surface area contributed by atoms with Crippen LogP contribution in [0, 0.1) is 5.92 Å². The van der Waals surface area contributed by atoms with Crippen LogP contribution < -0.4 is 10.2 Å². The summed E-state index contributed by atoms with van der Waals surface area (Å²) in [6.45, 7) is 8.36. The Labute approximate surface area is 190 Å². The predicted octanol–water partition coefficient (Wildman–Crippen LogP) is 2.31. The summed E-state index contributed by atoms with van der Waals surface area (Å²) in [5, 5.41) is 2.87. The van der Waals surface area contributed by atoms with Crippen LogP contribution in [0.2, 0.25) is 0 Å². The van der Waals surface area contributed by atoms with Crippen LogP contribution in [-0.2, 0) is 24.3 Å². The summed E-state index contributed by atoms with van der Waals surface area (Å²) in [4.78, 5) is 26.2. The quantitative estimate of drug-likeness (QED) is 0.653. The van der Waals surface area contributed by atoms with Gasteiger partial charge in [0.2, 0.25) is 21.8 Å². The molecule has 0 radical (unpaired) electrons. The molecule has 2 aliphatic heterocycles. The standard InChI is InChI=1S/C23H33N3O5S/c1-5-22(27)24-19-14-16(2)26(17(3)15-19)32(29,30)21-8-6-20(7-9-21)25(4)23(28)18-10-12-31-13-11-18/h5-9,16-19H,1,10-15H2,2-4H3,(H,24,27). The van der Waals surface area contributed by atoms with Gasteiger partial charge in [0.25, 0.3) is 0 Å². The lowest BCUT2D eigenvalue weighted by molar-refractivity contribution is -0.124. The van der Waals surface area contributed by atoms with Crippen LogP contribution in [0.1, 0.15) is 39.5 Å². The van der Waals surface area contributed by atoms with Crippen LogP contribution in [0.3, 0.4) is 0 Å². The summed E-state index contributed by atoms with van der Waals surface area (Å²) in [6, 6.07) is 5.84. The molecule has 1 aromatic carbocycles. The van der Waals surface area contributed by atoms with Crippen LogP contribution in [-0.4, -0.2) is 62.9 Å². The number of anilines is 1. The van der Waals surface area contributed by atoms with Gasteiger partial charge < -0.3 is 15.0 Å². The van der Waals surface area contributed by atoms with Crippen molar-refractivity contribution in [2.75, 3.05) is 25.2 Å². The fraction of sp³-hybridized carbons (Fsp3) is 0.565. The summed E-state index contributed by atoms with van der Waals surface area (Å²) >= 11 is 0. The van der Waals surface area contributed by atoms with E-state index in [-0.39, 0.29) is 40.8 Å². The summed E-state index contributed by atoms with van der Waals surface area (Å²) in [5.41, 5.74) is 0.660. The van der Waals surface area contributed by atoms with E-state index in [1.807, 2.05) is 13.8 Å². The molecule has 2 atom stereocenters. The van der Waals surface area contributed by atoms with E-state index in [9.17, 15) is 18.0 Å². The van der Waals surface area contributed by atoms with Gasteiger partial charge in [-0.3, -0.25) is 9.59 Å². The predicted molar refractivity (Wildman–Crippen MR) is 123 cm³/mol. The lowest BCUT2D eigenvalue weighted by Crippen LogP contribution is -2.54. The highest BCUT2D eigenvalue weighted by atomic mass is 32.2. The molecule has 0 saturated carbocycles. The van der Waals surface area contributed by atoms with Crippen LogP contribution in [0.25, 0.3) is 0 Å². The molecular formula is C23H33N3O5S. The number of carbonyl (C=O) groups is 2. The normalized spacial score (nSPS) is 25.2. The summed E-state index contributed by atoms with van der Waals surface area (Å²) in [6.07, 6.45) is 3.69. The molecule has 0 aliphatic carbocycles.